The fourth-order valence-corrected chi connectivity index (χ4v) is 4.22. The number of amides is 3. The maximum absolute atomic E-state index is 12.8. The predicted molar refractivity (Wildman–Crippen MR) is 110 cm³/mol. The zero-order valence-corrected chi connectivity index (χ0v) is 18.0. The van der Waals surface area contributed by atoms with Crippen LogP contribution in [0.4, 0.5) is 10.5 Å². The van der Waals surface area contributed by atoms with Crippen molar-refractivity contribution < 1.29 is 27.5 Å². The second-order valence-corrected chi connectivity index (χ2v) is 9.76. The number of carbonyl (C=O) groups is 3. The summed E-state index contributed by atoms with van der Waals surface area (Å²) in [6.07, 6.45) is 0. The molecule has 10 heteroatoms. The van der Waals surface area contributed by atoms with Gasteiger partial charge in [0.25, 0.3) is 15.9 Å². The number of anilines is 1. The van der Waals surface area contributed by atoms with Gasteiger partial charge in [0, 0.05) is 10.7 Å². The highest BCUT2D eigenvalue weighted by Crippen LogP contribution is 2.28. The van der Waals surface area contributed by atoms with Crippen molar-refractivity contribution in [1.29, 1.82) is 0 Å². The van der Waals surface area contributed by atoms with Crippen LogP contribution in [0.2, 0.25) is 5.02 Å². The van der Waals surface area contributed by atoms with Crippen LogP contribution in [0.1, 0.15) is 31.1 Å². The van der Waals surface area contributed by atoms with Gasteiger partial charge in [-0.1, -0.05) is 17.7 Å². The molecule has 1 saturated heterocycles. The zero-order chi connectivity index (χ0) is 22.3. The number of esters is 1. The Hall–Kier alpha value is -2.91. The first kappa shape index (κ1) is 21.8. The van der Waals surface area contributed by atoms with E-state index in [0.717, 1.165) is 4.90 Å². The van der Waals surface area contributed by atoms with E-state index >= 15 is 0 Å². The van der Waals surface area contributed by atoms with Crippen molar-refractivity contribution in [1.82, 2.24) is 4.31 Å². The molecule has 8 nitrogen and oxygen atoms in total. The fraction of sp³-hybridized carbons (Fsp3) is 0.250. The van der Waals surface area contributed by atoms with Crippen LogP contribution >= 0.6 is 11.6 Å². The lowest BCUT2D eigenvalue weighted by Gasteiger charge is -2.20. The van der Waals surface area contributed by atoms with E-state index in [9.17, 15) is 22.8 Å². The lowest BCUT2D eigenvalue weighted by molar-refractivity contribution is -0.121. The molecule has 0 aliphatic carbocycles. The molecule has 2 aromatic rings. The lowest BCUT2D eigenvalue weighted by atomic mass is 10.1. The van der Waals surface area contributed by atoms with Gasteiger partial charge in [-0.25, -0.2) is 18.0 Å². The lowest BCUT2D eigenvalue weighted by Crippen LogP contribution is -2.38. The summed E-state index contributed by atoms with van der Waals surface area (Å²) >= 11 is 5.77. The molecule has 0 bridgehead atoms. The first-order valence-corrected chi connectivity index (χ1v) is 10.7. The van der Waals surface area contributed by atoms with Crippen LogP contribution in [0.5, 0.6) is 0 Å². The molecule has 1 fully saturated rings. The van der Waals surface area contributed by atoms with Crippen molar-refractivity contribution in [3.63, 3.8) is 0 Å². The van der Waals surface area contributed by atoms with E-state index in [1.165, 1.54) is 48.5 Å². The predicted octanol–water partition coefficient (Wildman–Crippen LogP) is 3.45. The van der Waals surface area contributed by atoms with E-state index in [1.54, 1.807) is 20.8 Å². The molecule has 2 aromatic carbocycles. The molecule has 0 spiro atoms. The van der Waals surface area contributed by atoms with Gasteiger partial charge < -0.3 is 4.74 Å². The average Bonchev–Trinajstić information content (AvgIpc) is 2.95. The number of carbonyl (C=O) groups excluding carboxylic acids is 3. The zero-order valence-electron chi connectivity index (χ0n) is 16.5. The summed E-state index contributed by atoms with van der Waals surface area (Å²) in [7, 11) is -4.40. The highest BCUT2D eigenvalue weighted by molar-refractivity contribution is 7.90. The molecule has 1 aliphatic heterocycles. The molecule has 0 unspecified atom stereocenters. The Morgan fingerprint density at radius 3 is 2.30 bits per heavy atom. The minimum absolute atomic E-state index is 0.168. The fourth-order valence-electron chi connectivity index (χ4n) is 2.77. The largest absolute Gasteiger partial charge is 0.456 e. The van der Waals surface area contributed by atoms with Crippen LogP contribution in [-0.4, -0.2) is 42.8 Å². The number of hydrogen-bond acceptors (Lipinski definition) is 6. The monoisotopic (exact) mass is 450 g/mol. The molecule has 1 heterocycles. The number of urea groups is 1. The first-order valence-electron chi connectivity index (χ1n) is 8.89. The van der Waals surface area contributed by atoms with E-state index in [2.05, 4.69) is 0 Å². The van der Waals surface area contributed by atoms with E-state index < -0.39 is 40.1 Å². The first-order chi connectivity index (χ1) is 13.9. The SMILES string of the molecule is CC(C)(C)OC(=O)c1cccc(N2CC(=O)N(S(=O)(=O)c3ccc(Cl)cc3)C2=O)c1. The number of imide groups is 1. The molecule has 1 aliphatic rings. The van der Waals surface area contributed by atoms with Gasteiger partial charge >= 0.3 is 12.0 Å². The topological polar surface area (TPSA) is 101 Å². The van der Waals surface area contributed by atoms with Gasteiger partial charge in [-0.05, 0) is 63.2 Å². The molecule has 158 valence electrons. The molecular formula is C20H19ClN2O6S. The van der Waals surface area contributed by atoms with Gasteiger partial charge in [0.15, 0.2) is 0 Å². The normalized spacial score (nSPS) is 14.9. The number of halogens is 1. The van der Waals surface area contributed by atoms with Crippen molar-refractivity contribution in [2.75, 3.05) is 11.4 Å². The van der Waals surface area contributed by atoms with Crippen molar-refractivity contribution in [2.24, 2.45) is 0 Å². The van der Waals surface area contributed by atoms with Crippen molar-refractivity contribution in [3.05, 3.63) is 59.1 Å². The summed E-state index contributed by atoms with van der Waals surface area (Å²) in [4.78, 5) is 38.3. The molecule has 3 rings (SSSR count). The number of sulfonamides is 1. The Morgan fingerprint density at radius 2 is 1.70 bits per heavy atom. The minimum atomic E-state index is -4.40. The number of nitrogens with zero attached hydrogens (tertiary/aromatic N) is 2. The Morgan fingerprint density at radius 1 is 1.07 bits per heavy atom. The summed E-state index contributed by atoms with van der Waals surface area (Å²) in [5.41, 5.74) is -0.345. The van der Waals surface area contributed by atoms with E-state index in [1.807, 2.05) is 0 Å². The van der Waals surface area contributed by atoms with E-state index in [0.29, 0.717) is 5.02 Å². The van der Waals surface area contributed by atoms with Gasteiger partial charge in [0.05, 0.1) is 10.5 Å². The van der Waals surface area contributed by atoms with Gasteiger partial charge in [0.2, 0.25) is 0 Å². The molecule has 0 saturated carbocycles. The Labute approximate surface area is 179 Å². The molecule has 0 N–H and O–H groups in total. The Bertz CT molecular complexity index is 1120. The summed E-state index contributed by atoms with van der Waals surface area (Å²) in [6, 6.07) is 9.98. The van der Waals surface area contributed by atoms with Gasteiger partial charge in [-0.3, -0.25) is 9.69 Å². The standard InChI is InChI=1S/C20H19ClN2O6S/c1-20(2,3)29-18(25)13-5-4-6-15(11-13)22-12-17(24)23(19(22)26)30(27,28)16-9-7-14(21)8-10-16/h4-11H,12H2,1-3H3. The van der Waals surface area contributed by atoms with Gasteiger partial charge in [-0.15, -0.1) is 4.31 Å². The molecule has 30 heavy (non-hydrogen) atoms. The second-order valence-electron chi connectivity index (χ2n) is 7.54. The van der Waals surface area contributed by atoms with Crippen LogP contribution in [-0.2, 0) is 19.6 Å². The Kier molecular flexibility index (Phi) is 5.62. The molecule has 0 atom stereocenters. The number of ether oxygens (including phenoxy) is 1. The van der Waals surface area contributed by atoms with Crippen molar-refractivity contribution in [3.8, 4) is 0 Å². The van der Waals surface area contributed by atoms with Crippen LogP contribution in [0.15, 0.2) is 53.4 Å². The molecule has 0 radical (unpaired) electrons. The highest BCUT2D eigenvalue weighted by atomic mass is 35.5. The summed E-state index contributed by atoms with van der Waals surface area (Å²) in [5, 5.41) is 0.314. The van der Waals surface area contributed by atoms with Crippen LogP contribution in [0, 0.1) is 0 Å². The third-order valence-electron chi connectivity index (χ3n) is 4.07. The maximum Gasteiger partial charge on any atom is 0.346 e. The summed E-state index contributed by atoms with van der Waals surface area (Å²) in [5.74, 6) is -1.51. The molecular weight excluding hydrogens is 432 g/mol. The van der Waals surface area contributed by atoms with Crippen LogP contribution in [0.3, 0.4) is 0 Å². The maximum atomic E-state index is 12.8. The number of benzene rings is 2. The van der Waals surface area contributed by atoms with Crippen molar-refractivity contribution >= 4 is 45.2 Å². The quantitative estimate of drug-likeness (QED) is 0.522. The average molecular weight is 451 g/mol. The van der Waals surface area contributed by atoms with Crippen LogP contribution < -0.4 is 4.90 Å². The minimum Gasteiger partial charge on any atom is -0.456 e. The summed E-state index contributed by atoms with van der Waals surface area (Å²) in [6.45, 7) is 4.67. The third kappa shape index (κ3) is 4.31. The van der Waals surface area contributed by atoms with Crippen molar-refractivity contribution in [2.45, 2.75) is 31.3 Å². The third-order valence-corrected chi connectivity index (χ3v) is 6.03. The molecule has 0 aromatic heterocycles. The van der Waals surface area contributed by atoms with E-state index in [-0.39, 0.29) is 20.5 Å². The molecule has 3 amide bonds. The van der Waals surface area contributed by atoms with Crippen LogP contribution in [0.25, 0.3) is 0 Å². The summed E-state index contributed by atoms with van der Waals surface area (Å²) < 4.78 is 31.2. The Balaban J connectivity index is 1.91. The van der Waals surface area contributed by atoms with Gasteiger partial charge in [-0.2, -0.15) is 0 Å². The number of hydrogen-bond donors (Lipinski definition) is 0. The smallest absolute Gasteiger partial charge is 0.346 e. The highest BCUT2D eigenvalue weighted by Gasteiger charge is 2.45. The van der Waals surface area contributed by atoms with E-state index in [4.69, 9.17) is 16.3 Å². The number of rotatable bonds is 4. The second kappa shape index (κ2) is 7.73. The van der Waals surface area contributed by atoms with Gasteiger partial charge in [0.1, 0.15) is 12.1 Å².